The molecule has 0 unspecified atom stereocenters. The maximum atomic E-state index is 11.1. The molecule has 0 aromatic carbocycles. The number of nitrogens with zero attached hydrogens (tertiary/aromatic N) is 1. The Hall–Kier alpha value is -0.690. The van der Waals surface area contributed by atoms with Crippen molar-refractivity contribution in [3.05, 3.63) is 0 Å². The van der Waals surface area contributed by atoms with E-state index in [0.29, 0.717) is 6.54 Å². The summed E-state index contributed by atoms with van der Waals surface area (Å²) in [5, 5.41) is 0. The highest BCUT2D eigenvalue weighted by Gasteiger charge is 2.14. The molecule has 0 saturated heterocycles. The lowest BCUT2D eigenvalue weighted by Gasteiger charge is -2.14. The predicted molar refractivity (Wildman–Crippen MR) is 45.3 cm³/mol. The number of sulfonamides is 1. The second-order valence-electron chi connectivity index (χ2n) is 2.10. The van der Waals surface area contributed by atoms with Crippen LogP contribution >= 0.6 is 0 Å². The molecule has 0 aliphatic carbocycles. The fourth-order valence-electron chi connectivity index (χ4n) is 0.643. The predicted octanol–water partition coefficient (Wildman–Crippen LogP) is 0.639. The van der Waals surface area contributed by atoms with E-state index < -0.39 is 10.0 Å². The number of hydrogen-bond acceptors (Lipinski definition) is 2. The first-order chi connectivity index (χ1) is 5.08. The number of terminal acetylenes is 1. The normalized spacial score (nSPS) is 10.6. The highest BCUT2D eigenvalue weighted by molar-refractivity contribution is 7.89. The fourth-order valence-corrected chi connectivity index (χ4v) is 1.58. The van der Waals surface area contributed by atoms with Gasteiger partial charge in [-0.1, -0.05) is 13.3 Å². The molecule has 0 atom stereocenters. The van der Waals surface area contributed by atoms with E-state index in [1.54, 1.807) is 6.92 Å². The quantitative estimate of drug-likeness (QED) is 0.464. The van der Waals surface area contributed by atoms with E-state index >= 15 is 0 Å². The van der Waals surface area contributed by atoms with E-state index in [-0.39, 0.29) is 5.75 Å². The van der Waals surface area contributed by atoms with Gasteiger partial charge in [-0.15, -0.1) is 0 Å². The third kappa shape index (κ3) is 2.81. The molecule has 0 aliphatic heterocycles. The molecule has 64 valence electrons. The standard InChI is InChI=1S/C7H13NO2S/c1-4-7-8(5-2)11(9,10)6-3/h2H,4,6-7H2,1,3H3. The molecule has 0 aliphatic rings. The van der Waals surface area contributed by atoms with Gasteiger partial charge in [0.15, 0.2) is 0 Å². The summed E-state index contributed by atoms with van der Waals surface area (Å²) in [5.41, 5.74) is 0. The van der Waals surface area contributed by atoms with Gasteiger partial charge in [-0.25, -0.2) is 12.7 Å². The highest BCUT2D eigenvalue weighted by atomic mass is 32.2. The molecule has 0 heterocycles. The van der Waals surface area contributed by atoms with Crippen LogP contribution in [0.5, 0.6) is 0 Å². The Morgan fingerprint density at radius 3 is 2.27 bits per heavy atom. The number of hydrogen-bond donors (Lipinski definition) is 0. The van der Waals surface area contributed by atoms with Crippen molar-refractivity contribution in [2.75, 3.05) is 12.3 Å². The summed E-state index contributed by atoms with van der Waals surface area (Å²) in [5.74, 6) is 0.0667. The molecule has 0 spiro atoms. The van der Waals surface area contributed by atoms with Gasteiger partial charge in [-0.05, 0) is 13.3 Å². The minimum atomic E-state index is -3.18. The van der Waals surface area contributed by atoms with Crippen LogP contribution in [-0.2, 0) is 10.0 Å². The minimum Gasteiger partial charge on any atom is -0.229 e. The highest BCUT2D eigenvalue weighted by Crippen LogP contribution is 1.99. The van der Waals surface area contributed by atoms with E-state index in [9.17, 15) is 8.42 Å². The first kappa shape index (κ1) is 10.3. The molecule has 3 nitrogen and oxygen atoms in total. The van der Waals surface area contributed by atoms with E-state index in [4.69, 9.17) is 6.42 Å². The van der Waals surface area contributed by atoms with Crippen molar-refractivity contribution < 1.29 is 8.42 Å². The second-order valence-corrected chi connectivity index (χ2v) is 4.28. The lowest BCUT2D eigenvalue weighted by molar-refractivity contribution is 0.510. The Balaban J connectivity index is 4.41. The summed E-state index contributed by atoms with van der Waals surface area (Å²) in [6.45, 7) is 3.87. The van der Waals surface area contributed by atoms with Crippen LogP contribution in [0.1, 0.15) is 20.3 Å². The van der Waals surface area contributed by atoms with Crippen LogP contribution in [-0.4, -0.2) is 25.0 Å². The Morgan fingerprint density at radius 1 is 1.45 bits per heavy atom. The van der Waals surface area contributed by atoms with Gasteiger partial charge < -0.3 is 0 Å². The molecular formula is C7H13NO2S. The first-order valence-corrected chi connectivity index (χ1v) is 5.16. The molecule has 0 N–H and O–H groups in total. The smallest absolute Gasteiger partial charge is 0.229 e. The molecule has 0 amide bonds. The van der Waals surface area contributed by atoms with E-state index in [0.717, 1.165) is 10.7 Å². The summed E-state index contributed by atoms with van der Waals surface area (Å²) in [4.78, 5) is 0. The topological polar surface area (TPSA) is 37.4 Å². The van der Waals surface area contributed by atoms with E-state index in [1.165, 1.54) is 0 Å². The van der Waals surface area contributed by atoms with Gasteiger partial charge in [0.25, 0.3) is 0 Å². The van der Waals surface area contributed by atoms with Crippen LogP contribution in [0.25, 0.3) is 0 Å². The Labute approximate surface area is 68.4 Å². The van der Waals surface area contributed by atoms with Crippen LogP contribution in [0.3, 0.4) is 0 Å². The van der Waals surface area contributed by atoms with Crippen LogP contribution < -0.4 is 0 Å². The van der Waals surface area contributed by atoms with Gasteiger partial charge in [0.2, 0.25) is 10.0 Å². The zero-order chi connectivity index (χ0) is 8.91. The molecule has 0 aromatic rings. The summed E-state index contributed by atoms with van der Waals surface area (Å²) < 4.78 is 23.3. The summed E-state index contributed by atoms with van der Waals surface area (Å²) in [6.07, 6.45) is 5.76. The molecule has 0 bridgehead atoms. The number of rotatable bonds is 4. The summed E-state index contributed by atoms with van der Waals surface area (Å²) >= 11 is 0. The maximum absolute atomic E-state index is 11.1. The Bertz CT molecular complexity index is 238. The van der Waals surface area contributed by atoms with Gasteiger partial charge in [-0.3, -0.25) is 0 Å². The van der Waals surface area contributed by atoms with Gasteiger partial charge in [0.05, 0.1) is 5.75 Å². The average Bonchev–Trinajstić information content (AvgIpc) is 2.00. The van der Waals surface area contributed by atoms with E-state index in [2.05, 4.69) is 6.04 Å². The van der Waals surface area contributed by atoms with Crippen LogP contribution in [0.2, 0.25) is 0 Å². The first-order valence-electron chi connectivity index (χ1n) is 3.55. The fraction of sp³-hybridized carbons (Fsp3) is 0.714. The molecule has 0 fully saturated rings. The Kier molecular flexibility index (Phi) is 3.98. The zero-order valence-electron chi connectivity index (χ0n) is 6.87. The molecule has 11 heavy (non-hydrogen) atoms. The van der Waals surface area contributed by atoms with Crippen molar-refractivity contribution in [3.8, 4) is 12.5 Å². The Morgan fingerprint density at radius 2 is 2.00 bits per heavy atom. The van der Waals surface area contributed by atoms with Crippen molar-refractivity contribution in [2.24, 2.45) is 0 Å². The van der Waals surface area contributed by atoms with Crippen molar-refractivity contribution in [3.63, 3.8) is 0 Å². The third-order valence-electron chi connectivity index (χ3n) is 1.27. The third-order valence-corrected chi connectivity index (χ3v) is 2.96. The maximum Gasteiger partial charge on any atom is 0.241 e. The van der Waals surface area contributed by atoms with Crippen LogP contribution in [0.4, 0.5) is 0 Å². The van der Waals surface area contributed by atoms with Gasteiger partial charge >= 0.3 is 0 Å². The lowest BCUT2D eigenvalue weighted by atomic mass is 10.5. The molecule has 0 rings (SSSR count). The monoisotopic (exact) mass is 175 g/mol. The van der Waals surface area contributed by atoms with Gasteiger partial charge in [0, 0.05) is 12.6 Å². The summed E-state index contributed by atoms with van der Waals surface area (Å²) in [6, 6.07) is 2.14. The minimum absolute atomic E-state index is 0.0667. The molecule has 0 radical (unpaired) electrons. The van der Waals surface area contributed by atoms with Gasteiger partial charge in [0.1, 0.15) is 0 Å². The van der Waals surface area contributed by atoms with Crippen LogP contribution in [0.15, 0.2) is 0 Å². The van der Waals surface area contributed by atoms with E-state index in [1.807, 2.05) is 6.92 Å². The average molecular weight is 175 g/mol. The lowest BCUT2D eigenvalue weighted by Crippen LogP contribution is -2.28. The molecular weight excluding hydrogens is 162 g/mol. The van der Waals surface area contributed by atoms with Crippen molar-refractivity contribution >= 4 is 10.0 Å². The molecule has 4 heteroatoms. The SMILES string of the molecule is C#CN(CCC)S(=O)(=O)CC. The van der Waals surface area contributed by atoms with Crippen molar-refractivity contribution in [1.82, 2.24) is 4.31 Å². The van der Waals surface area contributed by atoms with Crippen molar-refractivity contribution in [2.45, 2.75) is 20.3 Å². The second kappa shape index (κ2) is 4.24. The zero-order valence-corrected chi connectivity index (χ0v) is 7.69. The molecule has 0 saturated carbocycles. The van der Waals surface area contributed by atoms with Gasteiger partial charge in [-0.2, -0.15) is 0 Å². The van der Waals surface area contributed by atoms with Crippen LogP contribution in [0, 0.1) is 12.5 Å². The molecule has 0 aromatic heterocycles. The van der Waals surface area contributed by atoms with Crippen molar-refractivity contribution in [1.29, 1.82) is 0 Å². The largest absolute Gasteiger partial charge is 0.241 e. The summed E-state index contributed by atoms with van der Waals surface area (Å²) in [7, 11) is -3.18.